The van der Waals surface area contributed by atoms with Gasteiger partial charge >= 0.3 is 5.69 Å². The molecule has 2 rings (SSSR count). The molecule has 1 N–H and O–H groups in total. The number of anilines is 1. The standard InChI is InChI=1S/C14H17N3O2S/c1-2-20-13-8-4-6-11(13)16-12-7-3-5-10(9-15)14(12)17(18)19/h3,5,7,11,13,16H,2,4,6,8H2,1H3. The van der Waals surface area contributed by atoms with Gasteiger partial charge in [-0.05, 0) is 30.7 Å². The average molecular weight is 291 g/mol. The first-order valence-corrected chi connectivity index (χ1v) is 7.78. The van der Waals surface area contributed by atoms with Gasteiger partial charge in [0.2, 0.25) is 0 Å². The van der Waals surface area contributed by atoms with Gasteiger partial charge in [0.15, 0.2) is 0 Å². The van der Waals surface area contributed by atoms with Crippen LogP contribution in [0.25, 0.3) is 0 Å². The Bertz CT molecular complexity index is 542. The summed E-state index contributed by atoms with van der Waals surface area (Å²) in [5, 5.41) is 24.0. The molecule has 2 atom stereocenters. The highest BCUT2D eigenvalue weighted by Crippen LogP contribution is 2.35. The number of para-hydroxylation sites is 1. The Morgan fingerprint density at radius 3 is 3.00 bits per heavy atom. The second-order valence-corrected chi connectivity index (χ2v) is 6.26. The quantitative estimate of drug-likeness (QED) is 0.663. The molecule has 1 aliphatic carbocycles. The molecule has 0 spiro atoms. The monoisotopic (exact) mass is 291 g/mol. The van der Waals surface area contributed by atoms with Gasteiger partial charge in [0.05, 0.1) is 4.92 Å². The van der Waals surface area contributed by atoms with Crippen LogP contribution in [0.4, 0.5) is 11.4 Å². The zero-order valence-corrected chi connectivity index (χ0v) is 12.2. The first-order valence-electron chi connectivity index (χ1n) is 6.73. The van der Waals surface area contributed by atoms with Crippen molar-refractivity contribution in [2.45, 2.75) is 37.5 Å². The third-order valence-electron chi connectivity index (χ3n) is 3.51. The molecule has 0 saturated heterocycles. The van der Waals surface area contributed by atoms with Crippen LogP contribution in [0.1, 0.15) is 31.7 Å². The van der Waals surface area contributed by atoms with Gasteiger partial charge in [0, 0.05) is 11.3 Å². The Kier molecular flexibility index (Phi) is 4.85. The highest BCUT2D eigenvalue weighted by molar-refractivity contribution is 7.99. The number of nitro benzene ring substituents is 1. The maximum atomic E-state index is 11.2. The molecule has 20 heavy (non-hydrogen) atoms. The van der Waals surface area contributed by atoms with Crippen molar-refractivity contribution in [3.63, 3.8) is 0 Å². The van der Waals surface area contributed by atoms with Crippen LogP contribution in [0.5, 0.6) is 0 Å². The van der Waals surface area contributed by atoms with Crippen LogP contribution >= 0.6 is 11.8 Å². The van der Waals surface area contributed by atoms with Gasteiger partial charge in [-0.25, -0.2) is 0 Å². The number of benzene rings is 1. The van der Waals surface area contributed by atoms with Crippen molar-refractivity contribution in [3.8, 4) is 6.07 Å². The summed E-state index contributed by atoms with van der Waals surface area (Å²) in [6, 6.07) is 6.99. The van der Waals surface area contributed by atoms with E-state index in [1.807, 2.05) is 17.8 Å². The largest absolute Gasteiger partial charge is 0.376 e. The van der Waals surface area contributed by atoms with E-state index in [1.54, 1.807) is 12.1 Å². The van der Waals surface area contributed by atoms with Crippen molar-refractivity contribution in [2.24, 2.45) is 0 Å². The fourth-order valence-electron chi connectivity index (χ4n) is 2.65. The molecular weight excluding hydrogens is 274 g/mol. The number of nitrogens with one attached hydrogen (secondary N) is 1. The van der Waals surface area contributed by atoms with Crippen molar-refractivity contribution in [1.82, 2.24) is 0 Å². The van der Waals surface area contributed by atoms with Gasteiger partial charge in [-0.15, -0.1) is 0 Å². The molecule has 0 bridgehead atoms. The maximum Gasteiger partial charge on any atom is 0.309 e. The van der Waals surface area contributed by atoms with Gasteiger partial charge in [0.1, 0.15) is 17.3 Å². The molecule has 0 aliphatic heterocycles. The number of nitriles is 1. The first kappa shape index (κ1) is 14.7. The lowest BCUT2D eigenvalue weighted by molar-refractivity contribution is -0.384. The fourth-order valence-corrected chi connectivity index (χ4v) is 3.85. The van der Waals surface area contributed by atoms with E-state index in [0.717, 1.165) is 25.0 Å². The molecule has 5 nitrogen and oxygen atoms in total. The number of hydrogen-bond acceptors (Lipinski definition) is 5. The lowest BCUT2D eigenvalue weighted by atomic mass is 10.1. The minimum Gasteiger partial charge on any atom is -0.376 e. The predicted molar refractivity (Wildman–Crippen MR) is 81.0 cm³/mol. The molecule has 106 valence electrons. The molecule has 0 aromatic heterocycles. The molecule has 1 fully saturated rings. The predicted octanol–water partition coefficient (Wildman–Crippen LogP) is 3.55. The van der Waals surface area contributed by atoms with Crippen molar-refractivity contribution < 1.29 is 4.92 Å². The van der Waals surface area contributed by atoms with Crippen molar-refractivity contribution in [1.29, 1.82) is 5.26 Å². The summed E-state index contributed by atoms with van der Waals surface area (Å²) in [5.41, 5.74) is 0.461. The molecule has 1 saturated carbocycles. The topological polar surface area (TPSA) is 79.0 Å². The summed E-state index contributed by atoms with van der Waals surface area (Å²) in [6.45, 7) is 2.12. The SMILES string of the molecule is CCSC1CCCC1Nc1cccc(C#N)c1[N+](=O)[O-]. The number of thioether (sulfide) groups is 1. The van der Waals surface area contributed by atoms with E-state index >= 15 is 0 Å². The van der Waals surface area contributed by atoms with E-state index in [0.29, 0.717) is 10.9 Å². The lowest BCUT2D eigenvalue weighted by Gasteiger charge is -2.21. The molecule has 0 heterocycles. The van der Waals surface area contributed by atoms with Gasteiger partial charge in [-0.3, -0.25) is 10.1 Å². The third kappa shape index (κ3) is 3.05. The Labute approximate surface area is 122 Å². The highest BCUT2D eigenvalue weighted by Gasteiger charge is 2.29. The van der Waals surface area contributed by atoms with Crippen molar-refractivity contribution >= 4 is 23.1 Å². The lowest BCUT2D eigenvalue weighted by Crippen LogP contribution is -2.26. The molecule has 6 heteroatoms. The average Bonchev–Trinajstić information content (AvgIpc) is 2.86. The number of hydrogen-bond donors (Lipinski definition) is 1. The molecule has 1 aromatic carbocycles. The molecular formula is C14H17N3O2S. The van der Waals surface area contributed by atoms with E-state index in [9.17, 15) is 10.1 Å². The minimum atomic E-state index is -0.474. The van der Waals surface area contributed by atoms with E-state index < -0.39 is 4.92 Å². The Morgan fingerprint density at radius 1 is 1.55 bits per heavy atom. The minimum absolute atomic E-state index is 0.109. The number of rotatable bonds is 5. The molecule has 1 aromatic rings. The van der Waals surface area contributed by atoms with Crippen LogP contribution in [-0.2, 0) is 0 Å². The number of nitro groups is 1. The summed E-state index contributed by atoms with van der Waals surface area (Å²) in [7, 11) is 0. The zero-order valence-electron chi connectivity index (χ0n) is 11.3. The van der Waals surface area contributed by atoms with E-state index in [2.05, 4.69) is 12.2 Å². The second kappa shape index (κ2) is 6.62. The van der Waals surface area contributed by atoms with Gasteiger partial charge in [-0.1, -0.05) is 19.4 Å². The third-order valence-corrected chi connectivity index (χ3v) is 4.84. The molecule has 1 aliphatic rings. The fraction of sp³-hybridized carbons (Fsp3) is 0.500. The van der Waals surface area contributed by atoms with E-state index in [1.165, 1.54) is 6.07 Å². The van der Waals surface area contributed by atoms with Gasteiger partial charge < -0.3 is 5.32 Å². The summed E-state index contributed by atoms with van der Waals surface area (Å²) >= 11 is 1.89. The summed E-state index contributed by atoms with van der Waals surface area (Å²) < 4.78 is 0. The van der Waals surface area contributed by atoms with Crippen LogP contribution in [-0.4, -0.2) is 22.0 Å². The normalized spacial score (nSPS) is 21.4. The van der Waals surface area contributed by atoms with Crippen LogP contribution in [0.15, 0.2) is 18.2 Å². The van der Waals surface area contributed by atoms with Crippen molar-refractivity contribution in [3.05, 3.63) is 33.9 Å². The highest BCUT2D eigenvalue weighted by atomic mass is 32.2. The van der Waals surface area contributed by atoms with Gasteiger partial charge in [0.25, 0.3) is 0 Å². The maximum absolute atomic E-state index is 11.2. The zero-order chi connectivity index (χ0) is 14.5. The van der Waals surface area contributed by atoms with Crippen LogP contribution < -0.4 is 5.32 Å². The Hall–Kier alpha value is -1.74. The molecule has 0 amide bonds. The van der Waals surface area contributed by atoms with E-state index in [-0.39, 0.29) is 17.3 Å². The summed E-state index contributed by atoms with van der Waals surface area (Å²) in [6.07, 6.45) is 3.30. The molecule has 2 unspecified atom stereocenters. The van der Waals surface area contributed by atoms with E-state index in [4.69, 9.17) is 5.26 Å². The summed E-state index contributed by atoms with van der Waals surface area (Å²) in [5.74, 6) is 1.04. The first-order chi connectivity index (χ1) is 9.67. The smallest absolute Gasteiger partial charge is 0.309 e. The second-order valence-electron chi connectivity index (χ2n) is 4.75. The molecule has 0 radical (unpaired) electrons. The Morgan fingerprint density at radius 2 is 2.35 bits per heavy atom. The van der Waals surface area contributed by atoms with Crippen LogP contribution in [0, 0.1) is 21.4 Å². The Balaban J connectivity index is 2.25. The van der Waals surface area contributed by atoms with Crippen LogP contribution in [0.2, 0.25) is 0 Å². The van der Waals surface area contributed by atoms with Gasteiger partial charge in [-0.2, -0.15) is 17.0 Å². The van der Waals surface area contributed by atoms with Crippen LogP contribution in [0.3, 0.4) is 0 Å². The summed E-state index contributed by atoms with van der Waals surface area (Å²) in [4.78, 5) is 10.7. The van der Waals surface area contributed by atoms with Crippen molar-refractivity contribution in [2.75, 3.05) is 11.1 Å². The number of nitrogens with zero attached hydrogens (tertiary/aromatic N) is 2.